The molecule has 0 unspecified atom stereocenters. The van der Waals surface area contributed by atoms with E-state index in [-0.39, 0.29) is 6.61 Å². The minimum Gasteiger partial charge on any atom is -0.479 e. The van der Waals surface area contributed by atoms with E-state index in [1.54, 1.807) is 30.3 Å². The Balaban J connectivity index is 1.87. The standard InChI is InChI=1S/C19H20ClNO4/c1-3-17(25-15-7-5-4-6-8-15)19(23)24-12-18(22)21-16-11-14(20)10-9-13(16)2/h4-11,17H,3,12H2,1-2H3,(H,21,22)/t17-/m1/s1. The average Bonchev–Trinajstić information content (AvgIpc) is 2.61. The minimum absolute atomic E-state index is 0.389. The van der Waals surface area contributed by atoms with Crippen molar-refractivity contribution in [2.24, 2.45) is 0 Å². The number of halogens is 1. The van der Waals surface area contributed by atoms with Crippen molar-refractivity contribution >= 4 is 29.2 Å². The summed E-state index contributed by atoms with van der Waals surface area (Å²) in [5, 5.41) is 3.19. The molecule has 132 valence electrons. The van der Waals surface area contributed by atoms with Crippen LogP contribution in [0.5, 0.6) is 5.75 Å². The monoisotopic (exact) mass is 361 g/mol. The number of nitrogens with one attached hydrogen (secondary N) is 1. The largest absolute Gasteiger partial charge is 0.479 e. The molecule has 2 aromatic carbocycles. The highest BCUT2D eigenvalue weighted by Crippen LogP contribution is 2.20. The number of carbonyl (C=O) groups is 2. The molecule has 5 nitrogen and oxygen atoms in total. The normalized spacial score (nSPS) is 11.5. The number of esters is 1. The number of para-hydroxylation sites is 1. The van der Waals surface area contributed by atoms with Gasteiger partial charge in [0.25, 0.3) is 5.91 Å². The highest BCUT2D eigenvalue weighted by molar-refractivity contribution is 6.31. The van der Waals surface area contributed by atoms with Crippen LogP contribution in [0.2, 0.25) is 5.02 Å². The van der Waals surface area contributed by atoms with Gasteiger partial charge in [0.2, 0.25) is 0 Å². The number of anilines is 1. The third-order valence-electron chi connectivity index (χ3n) is 3.47. The van der Waals surface area contributed by atoms with Gasteiger partial charge in [-0.05, 0) is 43.2 Å². The molecule has 25 heavy (non-hydrogen) atoms. The first-order valence-corrected chi connectivity index (χ1v) is 8.31. The maximum Gasteiger partial charge on any atom is 0.347 e. The molecule has 0 aliphatic carbocycles. The Kier molecular flexibility index (Phi) is 6.83. The Bertz CT molecular complexity index is 733. The Morgan fingerprint density at radius 3 is 2.56 bits per heavy atom. The maximum atomic E-state index is 12.1. The zero-order valence-corrected chi connectivity index (χ0v) is 14.9. The van der Waals surface area contributed by atoms with Crippen LogP contribution < -0.4 is 10.1 Å². The van der Waals surface area contributed by atoms with Crippen molar-refractivity contribution in [1.82, 2.24) is 0 Å². The van der Waals surface area contributed by atoms with E-state index in [1.165, 1.54) is 0 Å². The molecule has 1 N–H and O–H groups in total. The highest BCUT2D eigenvalue weighted by Gasteiger charge is 2.21. The smallest absolute Gasteiger partial charge is 0.347 e. The van der Waals surface area contributed by atoms with Gasteiger partial charge in [-0.1, -0.05) is 42.8 Å². The molecule has 0 aliphatic rings. The summed E-state index contributed by atoms with van der Waals surface area (Å²) < 4.78 is 10.6. The van der Waals surface area contributed by atoms with E-state index >= 15 is 0 Å². The summed E-state index contributed by atoms with van der Waals surface area (Å²) in [6.45, 7) is 3.27. The number of aryl methyl sites for hydroxylation is 1. The van der Waals surface area contributed by atoms with Crippen molar-refractivity contribution in [2.45, 2.75) is 26.4 Å². The topological polar surface area (TPSA) is 64.6 Å². The lowest BCUT2D eigenvalue weighted by Gasteiger charge is -2.16. The third-order valence-corrected chi connectivity index (χ3v) is 3.71. The third kappa shape index (κ3) is 5.80. The van der Waals surface area contributed by atoms with Crippen molar-refractivity contribution in [2.75, 3.05) is 11.9 Å². The van der Waals surface area contributed by atoms with Gasteiger partial charge in [-0.2, -0.15) is 0 Å². The summed E-state index contributed by atoms with van der Waals surface area (Å²) in [6.07, 6.45) is -0.328. The molecule has 2 rings (SSSR count). The molecule has 0 radical (unpaired) electrons. The number of hydrogen-bond donors (Lipinski definition) is 1. The molecular weight excluding hydrogens is 342 g/mol. The van der Waals surface area contributed by atoms with Crippen LogP contribution in [0.1, 0.15) is 18.9 Å². The molecule has 0 fully saturated rings. The van der Waals surface area contributed by atoms with Crippen molar-refractivity contribution in [3.63, 3.8) is 0 Å². The number of amides is 1. The molecule has 0 saturated heterocycles. The summed E-state index contributed by atoms with van der Waals surface area (Å²) in [5.41, 5.74) is 1.45. The van der Waals surface area contributed by atoms with Crippen LogP contribution >= 0.6 is 11.6 Å². The minimum atomic E-state index is -0.761. The first kappa shape index (κ1) is 18.8. The van der Waals surface area contributed by atoms with Crippen LogP contribution in [0.4, 0.5) is 5.69 Å². The summed E-state index contributed by atoms with van der Waals surface area (Å²) in [6, 6.07) is 14.2. The average molecular weight is 362 g/mol. The summed E-state index contributed by atoms with van der Waals surface area (Å²) in [5.74, 6) is -0.442. The molecular formula is C19H20ClNO4. The van der Waals surface area contributed by atoms with E-state index in [4.69, 9.17) is 21.1 Å². The molecule has 6 heteroatoms. The van der Waals surface area contributed by atoms with Crippen LogP contribution in [0.15, 0.2) is 48.5 Å². The van der Waals surface area contributed by atoms with E-state index in [9.17, 15) is 9.59 Å². The van der Waals surface area contributed by atoms with Gasteiger partial charge >= 0.3 is 5.97 Å². The van der Waals surface area contributed by atoms with Gasteiger partial charge in [0.15, 0.2) is 12.7 Å². The SMILES string of the molecule is CC[C@@H](Oc1ccccc1)C(=O)OCC(=O)Nc1cc(Cl)ccc1C. The molecule has 2 aromatic rings. The van der Waals surface area contributed by atoms with Crippen molar-refractivity contribution in [3.8, 4) is 5.75 Å². The first-order chi connectivity index (χ1) is 12.0. The lowest BCUT2D eigenvalue weighted by Crippen LogP contribution is -2.31. The van der Waals surface area contributed by atoms with E-state index in [0.29, 0.717) is 22.9 Å². The molecule has 0 saturated carbocycles. The summed E-state index contributed by atoms with van der Waals surface area (Å²) >= 11 is 5.91. The quantitative estimate of drug-likeness (QED) is 0.757. The lowest BCUT2D eigenvalue weighted by atomic mass is 10.2. The van der Waals surface area contributed by atoms with Crippen LogP contribution in [-0.2, 0) is 14.3 Å². The number of ether oxygens (including phenoxy) is 2. The molecule has 1 amide bonds. The van der Waals surface area contributed by atoms with Gasteiger partial charge in [0.1, 0.15) is 5.75 Å². The Hall–Kier alpha value is -2.53. The van der Waals surface area contributed by atoms with Crippen molar-refractivity contribution in [1.29, 1.82) is 0 Å². The Morgan fingerprint density at radius 2 is 1.88 bits per heavy atom. The van der Waals surface area contributed by atoms with E-state index in [1.807, 2.05) is 32.0 Å². The van der Waals surface area contributed by atoms with Crippen LogP contribution in [0.3, 0.4) is 0 Å². The van der Waals surface area contributed by atoms with Crippen LogP contribution in [0.25, 0.3) is 0 Å². The number of carbonyl (C=O) groups excluding carboxylic acids is 2. The van der Waals surface area contributed by atoms with Gasteiger partial charge in [0.05, 0.1) is 0 Å². The molecule has 0 spiro atoms. The van der Waals surface area contributed by atoms with E-state index in [2.05, 4.69) is 5.32 Å². The zero-order valence-electron chi connectivity index (χ0n) is 14.1. The molecule has 0 aromatic heterocycles. The van der Waals surface area contributed by atoms with Gasteiger partial charge in [-0.25, -0.2) is 4.79 Å². The summed E-state index contributed by atoms with van der Waals surface area (Å²) in [7, 11) is 0. The predicted octanol–water partition coefficient (Wildman–Crippen LogP) is 3.99. The predicted molar refractivity (Wildman–Crippen MR) is 96.9 cm³/mol. The molecule has 0 aliphatic heterocycles. The second kappa shape index (κ2) is 9.08. The van der Waals surface area contributed by atoms with Crippen molar-refractivity contribution < 1.29 is 19.1 Å². The second-order valence-electron chi connectivity index (χ2n) is 5.44. The second-order valence-corrected chi connectivity index (χ2v) is 5.88. The van der Waals surface area contributed by atoms with E-state index < -0.39 is 18.0 Å². The molecule has 1 atom stereocenters. The van der Waals surface area contributed by atoms with Gasteiger partial charge in [-0.3, -0.25) is 4.79 Å². The number of rotatable bonds is 7. The molecule has 0 heterocycles. The van der Waals surface area contributed by atoms with Crippen LogP contribution in [-0.4, -0.2) is 24.6 Å². The van der Waals surface area contributed by atoms with Gasteiger partial charge in [0, 0.05) is 10.7 Å². The zero-order chi connectivity index (χ0) is 18.2. The lowest BCUT2D eigenvalue weighted by molar-refractivity contribution is -0.154. The molecule has 0 bridgehead atoms. The number of benzene rings is 2. The van der Waals surface area contributed by atoms with Crippen LogP contribution in [0, 0.1) is 6.92 Å². The Labute approximate surface area is 151 Å². The Morgan fingerprint density at radius 1 is 1.16 bits per heavy atom. The van der Waals surface area contributed by atoms with Gasteiger partial charge < -0.3 is 14.8 Å². The first-order valence-electron chi connectivity index (χ1n) is 7.94. The fourth-order valence-corrected chi connectivity index (χ4v) is 2.28. The van der Waals surface area contributed by atoms with E-state index in [0.717, 1.165) is 5.56 Å². The summed E-state index contributed by atoms with van der Waals surface area (Å²) in [4.78, 5) is 24.1. The van der Waals surface area contributed by atoms with Gasteiger partial charge in [-0.15, -0.1) is 0 Å². The van der Waals surface area contributed by atoms with Crippen molar-refractivity contribution in [3.05, 3.63) is 59.1 Å². The number of hydrogen-bond acceptors (Lipinski definition) is 4. The maximum absolute atomic E-state index is 12.1. The fraction of sp³-hybridized carbons (Fsp3) is 0.263. The fourth-order valence-electron chi connectivity index (χ4n) is 2.11. The highest BCUT2D eigenvalue weighted by atomic mass is 35.5.